The zero-order chi connectivity index (χ0) is 10.8. The van der Waals surface area contributed by atoms with Crippen molar-refractivity contribution < 1.29 is 4.42 Å². The molecule has 3 heterocycles. The molecule has 0 aromatic carbocycles. The molecule has 78 valence electrons. The molecule has 16 heavy (non-hydrogen) atoms. The summed E-state index contributed by atoms with van der Waals surface area (Å²) in [4.78, 5) is 6.39. The number of furan rings is 1. The first kappa shape index (κ1) is 9.36. The fourth-order valence-electron chi connectivity index (χ4n) is 1.56. The highest BCUT2D eigenvalue weighted by Crippen LogP contribution is 2.34. The Labute approximate surface area is 97.2 Å². The van der Waals surface area contributed by atoms with Gasteiger partial charge in [-0.25, -0.2) is 0 Å². The number of hydrogen-bond acceptors (Lipinski definition) is 3. The Balaban J connectivity index is 2.00. The monoisotopic (exact) mass is 227 g/mol. The number of aromatic nitrogens is 1. The summed E-state index contributed by atoms with van der Waals surface area (Å²) in [6.45, 7) is 0. The average Bonchev–Trinajstić information content (AvgIpc) is 3.01. The summed E-state index contributed by atoms with van der Waals surface area (Å²) < 4.78 is 5.37. The second-order valence-electron chi connectivity index (χ2n) is 3.38. The first-order chi connectivity index (χ1) is 7.93. The molecule has 0 aliphatic rings. The highest BCUT2D eigenvalue weighted by atomic mass is 32.1. The van der Waals surface area contributed by atoms with Crippen molar-refractivity contribution in [2.45, 2.75) is 0 Å². The van der Waals surface area contributed by atoms with E-state index in [1.54, 1.807) is 17.6 Å². The van der Waals surface area contributed by atoms with Crippen molar-refractivity contribution in [2.75, 3.05) is 0 Å². The third kappa shape index (κ3) is 1.66. The molecule has 3 aromatic rings. The molecular formula is C13H9NOS. The number of rotatable bonds is 2. The molecule has 0 fully saturated rings. The first-order valence-electron chi connectivity index (χ1n) is 4.97. The molecule has 0 saturated heterocycles. The van der Waals surface area contributed by atoms with E-state index in [9.17, 15) is 0 Å². The van der Waals surface area contributed by atoms with Gasteiger partial charge in [0, 0.05) is 17.3 Å². The van der Waals surface area contributed by atoms with Crippen LogP contribution < -0.4 is 0 Å². The molecule has 0 aliphatic heterocycles. The quantitative estimate of drug-likeness (QED) is 0.659. The second-order valence-corrected chi connectivity index (χ2v) is 4.46. The summed E-state index contributed by atoms with van der Waals surface area (Å²) in [5.74, 6) is 0.922. The highest BCUT2D eigenvalue weighted by molar-refractivity contribution is 7.18. The minimum Gasteiger partial charge on any atom is -0.464 e. The molecule has 0 saturated carbocycles. The molecular weight excluding hydrogens is 218 g/mol. The molecule has 3 heteroatoms. The van der Waals surface area contributed by atoms with E-state index in [2.05, 4.69) is 17.1 Å². The van der Waals surface area contributed by atoms with Crippen molar-refractivity contribution in [3.05, 3.63) is 55.1 Å². The van der Waals surface area contributed by atoms with E-state index in [0.717, 1.165) is 10.6 Å². The van der Waals surface area contributed by atoms with Crippen LogP contribution >= 0.6 is 11.3 Å². The maximum absolute atomic E-state index is 5.37. The predicted molar refractivity (Wildman–Crippen MR) is 65.3 cm³/mol. The van der Waals surface area contributed by atoms with Gasteiger partial charge in [0.15, 0.2) is 0 Å². The SMILES string of the molecule is c1coc(-c2ccc(-c3ccncc3)s2)c1. The summed E-state index contributed by atoms with van der Waals surface area (Å²) in [5, 5.41) is 0. The van der Waals surface area contributed by atoms with Crippen LogP contribution in [0.5, 0.6) is 0 Å². The van der Waals surface area contributed by atoms with Crippen LogP contribution in [0.15, 0.2) is 59.5 Å². The van der Waals surface area contributed by atoms with Gasteiger partial charge in [-0.1, -0.05) is 0 Å². The Morgan fingerprint density at radius 3 is 2.50 bits per heavy atom. The Kier molecular flexibility index (Phi) is 2.31. The van der Waals surface area contributed by atoms with Crippen LogP contribution in [-0.4, -0.2) is 4.98 Å². The van der Waals surface area contributed by atoms with Crippen molar-refractivity contribution in [3.8, 4) is 21.1 Å². The lowest BCUT2D eigenvalue weighted by Crippen LogP contribution is -1.71. The van der Waals surface area contributed by atoms with E-state index in [1.165, 1.54) is 10.4 Å². The van der Waals surface area contributed by atoms with Crippen molar-refractivity contribution in [1.82, 2.24) is 4.98 Å². The number of thiophene rings is 1. The molecule has 0 amide bonds. The van der Waals surface area contributed by atoms with E-state index in [1.807, 2.05) is 36.7 Å². The summed E-state index contributed by atoms with van der Waals surface area (Å²) in [7, 11) is 0. The van der Waals surface area contributed by atoms with E-state index >= 15 is 0 Å². The Morgan fingerprint density at radius 1 is 0.938 bits per heavy atom. The van der Waals surface area contributed by atoms with E-state index in [4.69, 9.17) is 4.42 Å². The molecule has 0 unspecified atom stereocenters. The third-order valence-corrected chi connectivity index (χ3v) is 3.48. The molecule has 0 N–H and O–H groups in total. The summed E-state index contributed by atoms with van der Waals surface area (Å²) in [5.41, 5.74) is 1.19. The Hall–Kier alpha value is -1.87. The maximum Gasteiger partial charge on any atom is 0.143 e. The number of nitrogens with zero attached hydrogens (tertiary/aromatic N) is 1. The second kappa shape index (κ2) is 3.94. The van der Waals surface area contributed by atoms with Crippen LogP contribution in [0.25, 0.3) is 21.1 Å². The third-order valence-electron chi connectivity index (χ3n) is 2.33. The molecule has 3 aromatic heterocycles. The van der Waals surface area contributed by atoms with Gasteiger partial charge in [-0.15, -0.1) is 11.3 Å². The van der Waals surface area contributed by atoms with E-state index in [0.29, 0.717) is 0 Å². The summed E-state index contributed by atoms with van der Waals surface area (Å²) in [6.07, 6.45) is 5.31. The molecule has 0 atom stereocenters. The first-order valence-corrected chi connectivity index (χ1v) is 5.79. The van der Waals surface area contributed by atoms with Crippen molar-refractivity contribution in [1.29, 1.82) is 0 Å². The molecule has 2 nitrogen and oxygen atoms in total. The largest absolute Gasteiger partial charge is 0.464 e. The van der Waals surface area contributed by atoms with Crippen LogP contribution in [0, 0.1) is 0 Å². The maximum atomic E-state index is 5.37. The zero-order valence-electron chi connectivity index (χ0n) is 8.46. The lowest BCUT2D eigenvalue weighted by Gasteiger charge is -1.94. The van der Waals surface area contributed by atoms with Crippen molar-refractivity contribution in [3.63, 3.8) is 0 Å². The minimum absolute atomic E-state index is 0.922. The van der Waals surface area contributed by atoms with Crippen LogP contribution in [-0.2, 0) is 0 Å². The predicted octanol–water partition coefficient (Wildman–Crippen LogP) is 4.07. The molecule has 0 bridgehead atoms. The lowest BCUT2D eigenvalue weighted by atomic mass is 10.2. The van der Waals surface area contributed by atoms with Gasteiger partial charge in [-0.2, -0.15) is 0 Å². The lowest BCUT2D eigenvalue weighted by molar-refractivity contribution is 0.584. The van der Waals surface area contributed by atoms with Gasteiger partial charge in [0.05, 0.1) is 11.1 Å². The molecule has 0 radical (unpaired) electrons. The fourth-order valence-corrected chi connectivity index (χ4v) is 2.54. The smallest absolute Gasteiger partial charge is 0.143 e. The number of hydrogen-bond donors (Lipinski definition) is 0. The van der Waals surface area contributed by atoms with Gasteiger partial charge in [0.2, 0.25) is 0 Å². The summed E-state index contributed by atoms with van der Waals surface area (Å²) >= 11 is 1.72. The van der Waals surface area contributed by atoms with Crippen LogP contribution in [0.4, 0.5) is 0 Å². The van der Waals surface area contributed by atoms with Gasteiger partial charge in [0.1, 0.15) is 5.76 Å². The standard InChI is InChI=1S/C13H9NOS/c1-2-11(15-9-1)13-4-3-12(16-13)10-5-7-14-8-6-10/h1-9H. The van der Waals surface area contributed by atoms with E-state index < -0.39 is 0 Å². The zero-order valence-corrected chi connectivity index (χ0v) is 9.28. The van der Waals surface area contributed by atoms with Gasteiger partial charge < -0.3 is 4.42 Å². The van der Waals surface area contributed by atoms with Gasteiger partial charge in [0.25, 0.3) is 0 Å². The topological polar surface area (TPSA) is 26.0 Å². The van der Waals surface area contributed by atoms with Crippen molar-refractivity contribution >= 4 is 11.3 Å². The average molecular weight is 227 g/mol. The molecule has 0 aliphatic carbocycles. The fraction of sp³-hybridized carbons (Fsp3) is 0. The van der Waals surface area contributed by atoms with Crippen molar-refractivity contribution in [2.24, 2.45) is 0 Å². The van der Waals surface area contributed by atoms with Crippen LogP contribution in [0.3, 0.4) is 0 Å². The Morgan fingerprint density at radius 2 is 1.75 bits per heavy atom. The summed E-state index contributed by atoms with van der Waals surface area (Å²) in [6, 6.07) is 12.1. The highest BCUT2D eigenvalue weighted by Gasteiger charge is 2.06. The van der Waals surface area contributed by atoms with Crippen LogP contribution in [0.2, 0.25) is 0 Å². The van der Waals surface area contributed by atoms with Gasteiger partial charge >= 0.3 is 0 Å². The molecule has 0 spiro atoms. The normalized spacial score (nSPS) is 10.5. The Bertz CT molecular complexity index is 569. The minimum atomic E-state index is 0.922. The van der Waals surface area contributed by atoms with Crippen LogP contribution in [0.1, 0.15) is 0 Å². The molecule has 3 rings (SSSR count). The van der Waals surface area contributed by atoms with E-state index in [-0.39, 0.29) is 0 Å². The van der Waals surface area contributed by atoms with Gasteiger partial charge in [-0.05, 0) is 42.0 Å². The van der Waals surface area contributed by atoms with Gasteiger partial charge in [-0.3, -0.25) is 4.98 Å². The number of pyridine rings is 1.